The van der Waals surface area contributed by atoms with Gasteiger partial charge in [-0.25, -0.2) is 4.79 Å². The van der Waals surface area contributed by atoms with E-state index < -0.39 is 17.3 Å². The lowest BCUT2D eigenvalue weighted by molar-refractivity contribution is -0.136. The molecule has 0 unspecified atom stereocenters. The van der Waals surface area contributed by atoms with Crippen LogP contribution in [0.2, 0.25) is 0 Å². The van der Waals surface area contributed by atoms with Crippen LogP contribution in [0.15, 0.2) is 29.2 Å². The van der Waals surface area contributed by atoms with Gasteiger partial charge in [-0.05, 0) is 34.1 Å². The van der Waals surface area contributed by atoms with Crippen LogP contribution in [0.3, 0.4) is 0 Å². The molecule has 0 radical (unpaired) electrons. The summed E-state index contributed by atoms with van der Waals surface area (Å²) in [5.41, 5.74) is 6.89. The second-order valence-electron chi connectivity index (χ2n) is 7.26. The zero-order valence-electron chi connectivity index (χ0n) is 16.8. The minimum atomic E-state index is -1.05. The first kappa shape index (κ1) is 21.2. The number of esters is 1. The van der Waals surface area contributed by atoms with Crippen LogP contribution in [0.4, 0.5) is 0 Å². The van der Waals surface area contributed by atoms with Crippen LogP contribution >= 0.6 is 0 Å². The Labute approximate surface area is 165 Å². The summed E-state index contributed by atoms with van der Waals surface area (Å²) < 4.78 is 6.76. The van der Waals surface area contributed by atoms with Crippen molar-refractivity contribution in [1.29, 1.82) is 0 Å². The topological polar surface area (TPSA) is 91.4 Å². The average molecular weight is 382 g/mol. The summed E-state index contributed by atoms with van der Waals surface area (Å²) in [4.78, 5) is 37.1. The summed E-state index contributed by atoms with van der Waals surface area (Å²) in [7, 11) is 0. The van der Waals surface area contributed by atoms with Crippen LogP contribution in [0.1, 0.15) is 50.8 Å². The molecule has 0 saturated carbocycles. The normalized spacial score (nSPS) is 12.9. The molecule has 1 aromatic rings. The number of aromatic nitrogens is 1. The number of allylic oxidation sites excluding steroid dienone is 2. The summed E-state index contributed by atoms with van der Waals surface area (Å²) in [6.07, 6.45) is 4.35. The smallest absolute Gasteiger partial charge is 0.338 e. The van der Waals surface area contributed by atoms with E-state index in [-0.39, 0.29) is 12.2 Å². The number of rotatable bonds is 6. The Morgan fingerprint density at radius 3 is 2.68 bits per heavy atom. The number of primary amides is 1. The van der Waals surface area contributed by atoms with Crippen molar-refractivity contribution in [2.24, 2.45) is 11.1 Å². The number of carbonyl (C=O) groups is 2. The van der Waals surface area contributed by atoms with Gasteiger partial charge in [0.25, 0.3) is 5.56 Å². The zero-order chi connectivity index (χ0) is 21.1. The molecular formula is C22H26N2O4. The second-order valence-corrected chi connectivity index (χ2v) is 7.26. The van der Waals surface area contributed by atoms with Crippen molar-refractivity contribution in [3.8, 4) is 11.8 Å². The predicted octanol–water partition coefficient (Wildman–Crippen LogP) is 2.18. The third-order valence-corrected chi connectivity index (χ3v) is 4.67. The van der Waals surface area contributed by atoms with E-state index in [1.165, 1.54) is 0 Å². The average Bonchev–Trinajstić information content (AvgIpc) is 2.98. The molecule has 1 aromatic heterocycles. The minimum absolute atomic E-state index is 0.157. The number of ether oxygens (including phenoxy) is 1. The molecule has 1 amide bonds. The van der Waals surface area contributed by atoms with Gasteiger partial charge in [0, 0.05) is 35.9 Å². The van der Waals surface area contributed by atoms with Crippen LogP contribution in [0.25, 0.3) is 5.57 Å². The molecule has 148 valence electrons. The highest BCUT2D eigenvalue weighted by Crippen LogP contribution is 2.34. The van der Waals surface area contributed by atoms with Gasteiger partial charge in [-0.1, -0.05) is 23.5 Å². The fourth-order valence-electron chi connectivity index (χ4n) is 2.99. The molecule has 2 rings (SSSR count). The molecule has 0 aliphatic heterocycles. The van der Waals surface area contributed by atoms with E-state index in [0.717, 1.165) is 5.57 Å². The standard InChI is InChI=1S/C22H26N2O4/c1-6-8-11-24-13-15(9-10-22(4,5)21(23)27)18-16(19(24)25)12-14(3)17(18)20(26)28-7-2/h6,13H,1,7-8,11-12H2,2-5H3,(H2,23,27). The number of nitrogens with zero attached hydrogens (tertiary/aromatic N) is 1. The Kier molecular flexibility index (Phi) is 6.30. The second kappa shape index (κ2) is 8.30. The van der Waals surface area contributed by atoms with Gasteiger partial charge in [0.05, 0.1) is 12.2 Å². The first-order valence-corrected chi connectivity index (χ1v) is 9.21. The van der Waals surface area contributed by atoms with Crippen molar-refractivity contribution in [2.75, 3.05) is 6.61 Å². The summed E-state index contributed by atoms with van der Waals surface area (Å²) in [6.45, 7) is 11.2. The van der Waals surface area contributed by atoms with Crippen molar-refractivity contribution in [1.82, 2.24) is 4.57 Å². The van der Waals surface area contributed by atoms with Gasteiger partial charge in [-0.3, -0.25) is 9.59 Å². The predicted molar refractivity (Wildman–Crippen MR) is 108 cm³/mol. The van der Waals surface area contributed by atoms with E-state index in [1.807, 2.05) is 6.92 Å². The van der Waals surface area contributed by atoms with Crippen molar-refractivity contribution in [3.63, 3.8) is 0 Å². The lowest BCUT2D eigenvalue weighted by Crippen LogP contribution is -2.30. The first-order chi connectivity index (χ1) is 13.1. The van der Waals surface area contributed by atoms with Gasteiger partial charge < -0.3 is 15.0 Å². The third-order valence-electron chi connectivity index (χ3n) is 4.67. The monoisotopic (exact) mass is 382 g/mol. The van der Waals surface area contributed by atoms with E-state index in [9.17, 15) is 14.4 Å². The maximum Gasteiger partial charge on any atom is 0.338 e. The van der Waals surface area contributed by atoms with E-state index >= 15 is 0 Å². The Balaban J connectivity index is 2.73. The zero-order valence-corrected chi connectivity index (χ0v) is 16.8. The van der Waals surface area contributed by atoms with Crippen molar-refractivity contribution >= 4 is 17.4 Å². The molecule has 0 atom stereocenters. The summed E-state index contributed by atoms with van der Waals surface area (Å²) in [6, 6.07) is 0. The van der Waals surface area contributed by atoms with Crippen LogP contribution in [0.5, 0.6) is 0 Å². The lowest BCUT2D eigenvalue weighted by atomic mass is 9.92. The number of nitrogens with two attached hydrogens (primary N) is 1. The Bertz CT molecular complexity index is 984. The molecule has 0 aromatic carbocycles. The van der Waals surface area contributed by atoms with E-state index in [1.54, 1.807) is 37.6 Å². The van der Waals surface area contributed by atoms with Crippen LogP contribution in [0, 0.1) is 17.3 Å². The fourth-order valence-corrected chi connectivity index (χ4v) is 2.99. The summed E-state index contributed by atoms with van der Waals surface area (Å²) in [5, 5.41) is 0. The summed E-state index contributed by atoms with van der Waals surface area (Å²) >= 11 is 0. The molecule has 1 aliphatic carbocycles. The maximum atomic E-state index is 12.9. The number of pyridine rings is 1. The molecule has 0 spiro atoms. The molecule has 1 heterocycles. The molecule has 1 aliphatic rings. The van der Waals surface area contributed by atoms with Gasteiger partial charge in [0.2, 0.25) is 5.91 Å². The quantitative estimate of drug-likeness (QED) is 0.464. The molecule has 0 saturated heterocycles. The van der Waals surface area contributed by atoms with E-state index in [0.29, 0.717) is 41.6 Å². The number of amides is 1. The molecule has 2 N–H and O–H groups in total. The highest BCUT2D eigenvalue weighted by Gasteiger charge is 2.31. The number of hydrogen-bond acceptors (Lipinski definition) is 4. The molecule has 0 fully saturated rings. The van der Waals surface area contributed by atoms with Crippen molar-refractivity contribution in [3.05, 3.63) is 51.5 Å². The largest absolute Gasteiger partial charge is 0.462 e. The van der Waals surface area contributed by atoms with Crippen molar-refractivity contribution in [2.45, 2.75) is 47.1 Å². The lowest BCUT2D eigenvalue weighted by Gasteiger charge is -2.14. The number of hydrogen-bond donors (Lipinski definition) is 1. The third kappa shape index (κ3) is 4.09. The molecule has 6 nitrogen and oxygen atoms in total. The van der Waals surface area contributed by atoms with Crippen LogP contribution < -0.4 is 11.3 Å². The maximum absolute atomic E-state index is 12.9. The van der Waals surface area contributed by atoms with Crippen LogP contribution in [-0.2, 0) is 27.3 Å². The SMILES string of the molecule is C=CCCn1cc(C#CC(C)(C)C(N)=O)c2c(c1=O)CC(C)=C2C(=O)OCC. The molecule has 0 bridgehead atoms. The Hall–Kier alpha value is -3.07. The molecule has 6 heteroatoms. The van der Waals surface area contributed by atoms with Gasteiger partial charge in [-0.15, -0.1) is 6.58 Å². The van der Waals surface area contributed by atoms with E-state index in [4.69, 9.17) is 10.5 Å². The van der Waals surface area contributed by atoms with Gasteiger partial charge >= 0.3 is 5.97 Å². The molecular weight excluding hydrogens is 356 g/mol. The van der Waals surface area contributed by atoms with E-state index in [2.05, 4.69) is 18.4 Å². The van der Waals surface area contributed by atoms with Crippen molar-refractivity contribution < 1.29 is 14.3 Å². The first-order valence-electron chi connectivity index (χ1n) is 9.21. The van der Waals surface area contributed by atoms with Crippen LogP contribution in [-0.4, -0.2) is 23.1 Å². The number of fused-ring (bicyclic) bond motifs is 1. The fraction of sp³-hybridized carbons (Fsp3) is 0.409. The Morgan fingerprint density at radius 2 is 2.11 bits per heavy atom. The number of aryl methyl sites for hydroxylation is 1. The highest BCUT2D eigenvalue weighted by atomic mass is 16.5. The minimum Gasteiger partial charge on any atom is -0.462 e. The molecule has 28 heavy (non-hydrogen) atoms. The Morgan fingerprint density at radius 1 is 1.43 bits per heavy atom. The van der Waals surface area contributed by atoms with Gasteiger partial charge in [0.15, 0.2) is 0 Å². The summed E-state index contributed by atoms with van der Waals surface area (Å²) in [5.74, 6) is 4.84. The van der Waals surface area contributed by atoms with Gasteiger partial charge in [-0.2, -0.15) is 0 Å². The number of carbonyl (C=O) groups excluding carboxylic acids is 2. The van der Waals surface area contributed by atoms with Gasteiger partial charge in [0.1, 0.15) is 5.41 Å². The highest BCUT2D eigenvalue weighted by molar-refractivity contribution is 6.19.